The molecule has 0 aliphatic carbocycles. The van der Waals surface area contributed by atoms with E-state index in [2.05, 4.69) is 4.99 Å². The number of carbonyl (C=O) groups is 1. The van der Waals surface area contributed by atoms with Crippen LogP contribution in [0.15, 0.2) is 64.5 Å². The summed E-state index contributed by atoms with van der Waals surface area (Å²) in [4.78, 5) is 20.0. The molecule has 28 heavy (non-hydrogen) atoms. The van der Waals surface area contributed by atoms with E-state index >= 15 is 0 Å². The van der Waals surface area contributed by atoms with E-state index < -0.39 is 0 Å². The summed E-state index contributed by atoms with van der Waals surface area (Å²) in [5, 5.41) is 9.51. The van der Waals surface area contributed by atoms with Gasteiger partial charge in [-0.25, -0.2) is 0 Å². The molecule has 1 aliphatic rings. The van der Waals surface area contributed by atoms with Crippen molar-refractivity contribution in [2.75, 3.05) is 18.1 Å². The maximum absolute atomic E-state index is 13.1. The van der Waals surface area contributed by atoms with Crippen molar-refractivity contribution in [2.24, 2.45) is 4.99 Å². The Balaban J connectivity index is 1.83. The lowest BCUT2D eigenvalue weighted by Crippen LogP contribution is -2.29. The molecule has 1 heterocycles. The molecule has 2 aromatic rings. The molecule has 0 spiro atoms. The van der Waals surface area contributed by atoms with Crippen molar-refractivity contribution in [1.29, 1.82) is 0 Å². The van der Waals surface area contributed by atoms with E-state index in [1.54, 1.807) is 4.90 Å². The van der Waals surface area contributed by atoms with Gasteiger partial charge in [0.2, 0.25) is 0 Å². The van der Waals surface area contributed by atoms with Gasteiger partial charge in [0.05, 0.1) is 17.2 Å². The number of ether oxygens (including phenoxy) is 1. The van der Waals surface area contributed by atoms with Crippen LogP contribution in [0.1, 0.15) is 25.8 Å². The highest BCUT2D eigenvalue weighted by Crippen LogP contribution is 2.36. The van der Waals surface area contributed by atoms with Gasteiger partial charge in [-0.15, -0.1) is 0 Å². The predicted molar refractivity (Wildman–Crippen MR) is 116 cm³/mol. The number of para-hydroxylation sites is 1. The van der Waals surface area contributed by atoms with E-state index in [-0.39, 0.29) is 18.6 Å². The second-order valence-corrected chi connectivity index (χ2v) is 7.60. The zero-order valence-corrected chi connectivity index (χ0v) is 16.9. The molecule has 0 unspecified atom stereocenters. The first kappa shape index (κ1) is 20.2. The number of nitrogens with zero attached hydrogens (tertiary/aromatic N) is 2. The van der Waals surface area contributed by atoms with E-state index in [1.165, 1.54) is 11.8 Å². The first-order valence-corrected chi connectivity index (χ1v) is 10.1. The van der Waals surface area contributed by atoms with Gasteiger partial charge >= 0.3 is 0 Å². The van der Waals surface area contributed by atoms with Gasteiger partial charge in [-0.05, 0) is 61.5 Å². The molecule has 1 saturated heterocycles. The Morgan fingerprint density at radius 2 is 1.86 bits per heavy atom. The molecule has 2 aromatic carbocycles. The molecular weight excluding hydrogens is 372 g/mol. The largest absolute Gasteiger partial charge is 0.494 e. The van der Waals surface area contributed by atoms with Crippen LogP contribution in [0.5, 0.6) is 5.75 Å². The molecule has 146 valence electrons. The fourth-order valence-corrected chi connectivity index (χ4v) is 3.77. The first-order chi connectivity index (χ1) is 13.6. The molecule has 1 fully saturated rings. The minimum Gasteiger partial charge on any atom is -0.494 e. The first-order valence-electron chi connectivity index (χ1n) is 9.29. The highest BCUT2D eigenvalue weighted by molar-refractivity contribution is 8.19. The van der Waals surface area contributed by atoms with Crippen LogP contribution in [0.3, 0.4) is 0 Å². The maximum Gasteiger partial charge on any atom is 0.271 e. The van der Waals surface area contributed by atoms with Crippen molar-refractivity contribution in [3.63, 3.8) is 0 Å². The number of aliphatic hydroxyl groups is 1. The number of amides is 1. The van der Waals surface area contributed by atoms with Crippen molar-refractivity contribution in [3.05, 3.63) is 65.1 Å². The molecule has 0 saturated carbocycles. The molecule has 1 amide bonds. The van der Waals surface area contributed by atoms with Gasteiger partial charge in [-0.3, -0.25) is 14.7 Å². The molecule has 1 N–H and O–H groups in total. The highest BCUT2D eigenvalue weighted by atomic mass is 32.2. The molecule has 0 aromatic heterocycles. The lowest BCUT2D eigenvalue weighted by Gasteiger charge is -2.16. The standard InChI is InChI=1S/C22H24N2O3S/c1-16(2)23-22-24(18-7-4-3-5-8-18)21(26)20(28-22)15-17-9-11-19(12-10-17)27-14-6-13-25/h3-5,7-12,15-16,25H,6,13-14H2,1-2H3/b20-15-,23-22?. The fraction of sp³-hybridized carbons (Fsp3) is 0.273. The summed E-state index contributed by atoms with van der Waals surface area (Å²) < 4.78 is 5.55. The summed E-state index contributed by atoms with van der Waals surface area (Å²) in [5.74, 6) is 0.674. The molecular formula is C22H24N2O3S. The van der Waals surface area contributed by atoms with Crippen LogP contribution in [-0.4, -0.2) is 35.4 Å². The number of benzene rings is 2. The van der Waals surface area contributed by atoms with E-state index in [0.29, 0.717) is 23.1 Å². The van der Waals surface area contributed by atoms with E-state index in [0.717, 1.165) is 17.0 Å². The Hall–Kier alpha value is -2.57. The quantitative estimate of drug-likeness (QED) is 0.559. The summed E-state index contributed by atoms with van der Waals surface area (Å²) >= 11 is 1.39. The number of anilines is 1. The Labute approximate surface area is 169 Å². The van der Waals surface area contributed by atoms with E-state index in [4.69, 9.17) is 9.84 Å². The van der Waals surface area contributed by atoms with E-state index in [9.17, 15) is 4.79 Å². The number of thioether (sulfide) groups is 1. The summed E-state index contributed by atoms with van der Waals surface area (Å²) in [7, 11) is 0. The third kappa shape index (κ3) is 5.03. The Bertz CT molecular complexity index is 861. The Kier molecular flexibility index (Phi) is 6.90. The van der Waals surface area contributed by atoms with Gasteiger partial charge in [-0.1, -0.05) is 30.3 Å². The van der Waals surface area contributed by atoms with Gasteiger partial charge < -0.3 is 9.84 Å². The highest BCUT2D eigenvalue weighted by Gasteiger charge is 2.34. The van der Waals surface area contributed by atoms with Gasteiger partial charge in [0.1, 0.15) is 5.75 Å². The zero-order valence-electron chi connectivity index (χ0n) is 16.0. The number of hydrogen-bond donors (Lipinski definition) is 1. The Morgan fingerprint density at radius 3 is 2.50 bits per heavy atom. The second-order valence-electron chi connectivity index (χ2n) is 6.59. The lowest BCUT2D eigenvalue weighted by molar-refractivity contribution is -0.113. The van der Waals surface area contributed by atoms with Crippen LogP contribution in [0, 0.1) is 0 Å². The maximum atomic E-state index is 13.1. The summed E-state index contributed by atoms with van der Waals surface area (Å²) in [6.07, 6.45) is 2.48. The van der Waals surface area contributed by atoms with Crippen molar-refractivity contribution < 1.29 is 14.6 Å². The fourth-order valence-electron chi connectivity index (χ4n) is 2.65. The van der Waals surface area contributed by atoms with Crippen molar-refractivity contribution in [3.8, 4) is 5.75 Å². The topological polar surface area (TPSA) is 62.1 Å². The molecule has 0 atom stereocenters. The van der Waals surface area contributed by atoms with Crippen LogP contribution in [0.4, 0.5) is 5.69 Å². The van der Waals surface area contributed by atoms with Crippen LogP contribution >= 0.6 is 11.8 Å². The molecule has 1 aliphatic heterocycles. The third-order valence-electron chi connectivity index (χ3n) is 3.94. The summed E-state index contributed by atoms with van der Waals surface area (Å²) in [5.41, 5.74) is 1.74. The normalized spacial score (nSPS) is 17.1. The number of carbonyl (C=O) groups excluding carboxylic acids is 1. The monoisotopic (exact) mass is 396 g/mol. The van der Waals surface area contributed by atoms with Gasteiger partial charge in [0.25, 0.3) is 5.91 Å². The van der Waals surface area contributed by atoms with Crippen molar-refractivity contribution in [1.82, 2.24) is 0 Å². The number of hydrogen-bond acceptors (Lipinski definition) is 5. The smallest absolute Gasteiger partial charge is 0.271 e. The molecule has 0 radical (unpaired) electrons. The second kappa shape index (κ2) is 9.57. The number of aliphatic hydroxyl groups excluding tert-OH is 1. The average Bonchev–Trinajstić information content (AvgIpc) is 2.98. The van der Waals surface area contributed by atoms with Gasteiger partial charge in [0, 0.05) is 19.1 Å². The van der Waals surface area contributed by atoms with E-state index in [1.807, 2.05) is 74.5 Å². The van der Waals surface area contributed by atoms with Crippen LogP contribution < -0.4 is 9.64 Å². The lowest BCUT2D eigenvalue weighted by atomic mass is 10.2. The van der Waals surface area contributed by atoms with Crippen molar-refractivity contribution >= 4 is 34.6 Å². The number of rotatable bonds is 7. The van der Waals surface area contributed by atoms with Crippen LogP contribution in [0.25, 0.3) is 6.08 Å². The van der Waals surface area contributed by atoms with Gasteiger partial charge in [-0.2, -0.15) is 0 Å². The third-order valence-corrected chi connectivity index (χ3v) is 4.92. The Morgan fingerprint density at radius 1 is 1.14 bits per heavy atom. The number of aliphatic imine (C=N–C) groups is 1. The van der Waals surface area contributed by atoms with Crippen LogP contribution in [0.2, 0.25) is 0 Å². The zero-order chi connectivity index (χ0) is 19.9. The van der Waals surface area contributed by atoms with Crippen LogP contribution in [-0.2, 0) is 4.79 Å². The number of amidine groups is 1. The molecule has 6 heteroatoms. The SMILES string of the molecule is CC(C)N=C1S/C(=C\c2ccc(OCCCO)cc2)C(=O)N1c1ccccc1. The molecule has 5 nitrogen and oxygen atoms in total. The average molecular weight is 397 g/mol. The minimum absolute atomic E-state index is 0.0705. The van der Waals surface area contributed by atoms with Crippen molar-refractivity contribution in [2.45, 2.75) is 26.3 Å². The minimum atomic E-state index is -0.0705. The molecule has 0 bridgehead atoms. The van der Waals surface area contributed by atoms with Gasteiger partial charge in [0.15, 0.2) is 5.17 Å². The summed E-state index contributed by atoms with van der Waals surface area (Å²) in [6, 6.07) is 17.2. The summed E-state index contributed by atoms with van der Waals surface area (Å²) in [6.45, 7) is 4.59. The predicted octanol–water partition coefficient (Wildman–Crippen LogP) is 4.33. The molecule has 3 rings (SSSR count).